The Morgan fingerprint density at radius 3 is 2.69 bits per heavy atom. The van der Waals surface area contributed by atoms with E-state index in [0.29, 0.717) is 6.04 Å². The van der Waals surface area contributed by atoms with Crippen LogP contribution in [0.15, 0.2) is 48.7 Å². The normalized spacial score (nSPS) is 13.6. The molecular formula is C23H20N2O3S. The quantitative estimate of drug-likeness (QED) is 0.480. The molecule has 2 heterocycles. The van der Waals surface area contributed by atoms with E-state index in [1.165, 1.54) is 0 Å². The predicted molar refractivity (Wildman–Crippen MR) is 115 cm³/mol. The van der Waals surface area contributed by atoms with Crippen LogP contribution in [0.4, 0.5) is 0 Å². The van der Waals surface area contributed by atoms with Gasteiger partial charge in [-0.05, 0) is 56.2 Å². The number of benzene rings is 2. The molecular weight excluding hydrogens is 384 g/mol. The monoisotopic (exact) mass is 404 g/mol. The minimum Gasteiger partial charge on any atom is -0.497 e. The summed E-state index contributed by atoms with van der Waals surface area (Å²) in [5, 5.41) is 4.98. The van der Waals surface area contributed by atoms with Crippen LogP contribution in [0.1, 0.15) is 28.1 Å². The molecule has 0 unspecified atom stereocenters. The van der Waals surface area contributed by atoms with Crippen LogP contribution < -0.4 is 14.8 Å². The van der Waals surface area contributed by atoms with Gasteiger partial charge in [-0.2, -0.15) is 0 Å². The second-order valence-electron chi connectivity index (χ2n) is 7.23. The Labute approximate surface area is 172 Å². The number of nitrogens with zero attached hydrogens (tertiary/aromatic N) is 1. The number of nitrogens with one attached hydrogen (secondary N) is 1. The number of aromatic nitrogens is 1. The summed E-state index contributed by atoms with van der Waals surface area (Å²) in [5.41, 5.74) is 1.60. The minimum atomic E-state index is 0.0268. The fourth-order valence-corrected chi connectivity index (χ4v) is 4.56. The number of aryl methyl sites for hydroxylation is 1. The summed E-state index contributed by atoms with van der Waals surface area (Å²) in [7, 11) is 1.64. The lowest BCUT2D eigenvalue weighted by Crippen LogP contribution is -2.25. The Morgan fingerprint density at radius 2 is 1.90 bits per heavy atom. The maximum Gasteiger partial charge on any atom is 0.253 e. The Kier molecular flexibility index (Phi) is 4.36. The topological polar surface area (TPSA) is 60.5 Å². The van der Waals surface area contributed by atoms with Gasteiger partial charge in [0.25, 0.3) is 5.91 Å². The summed E-state index contributed by atoms with van der Waals surface area (Å²) in [6.07, 6.45) is 3.89. The van der Waals surface area contributed by atoms with Crippen LogP contribution in [0.2, 0.25) is 0 Å². The summed E-state index contributed by atoms with van der Waals surface area (Å²) in [6.45, 7) is 2.00. The Balaban J connectivity index is 1.48. The van der Waals surface area contributed by atoms with E-state index in [9.17, 15) is 4.79 Å². The Bertz CT molecular complexity index is 1240. The van der Waals surface area contributed by atoms with E-state index in [1.807, 2.05) is 49.4 Å². The molecule has 2 aromatic heterocycles. The zero-order valence-electron chi connectivity index (χ0n) is 16.2. The van der Waals surface area contributed by atoms with Crippen LogP contribution in [-0.4, -0.2) is 24.0 Å². The van der Waals surface area contributed by atoms with Gasteiger partial charge in [0.15, 0.2) is 0 Å². The second-order valence-corrected chi connectivity index (χ2v) is 8.49. The molecule has 6 heteroatoms. The maximum atomic E-state index is 12.6. The number of ether oxygens (including phenoxy) is 2. The third-order valence-corrected chi connectivity index (χ3v) is 6.18. The predicted octanol–water partition coefficient (Wildman–Crippen LogP) is 5.45. The van der Waals surface area contributed by atoms with Crippen LogP contribution >= 0.6 is 11.3 Å². The first kappa shape index (κ1) is 17.9. The summed E-state index contributed by atoms with van der Waals surface area (Å²) >= 11 is 1.62. The first-order chi connectivity index (χ1) is 14.1. The van der Waals surface area contributed by atoms with E-state index >= 15 is 0 Å². The van der Waals surface area contributed by atoms with Gasteiger partial charge in [0, 0.05) is 38.7 Å². The van der Waals surface area contributed by atoms with Crippen molar-refractivity contribution in [2.24, 2.45) is 0 Å². The van der Waals surface area contributed by atoms with E-state index in [-0.39, 0.29) is 5.91 Å². The van der Waals surface area contributed by atoms with Gasteiger partial charge < -0.3 is 14.8 Å². The van der Waals surface area contributed by atoms with Crippen molar-refractivity contribution in [2.45, 2.75) is 25.8 Å². The zero-order valence-corrected chi connectivity index (χ0v) is 17.0. The third-order valence-electron chi connectivity index (χ3n) is 5.11. The van der Waals surface area contributed by atoms with Crippen LogP contribution in [0.3, 0.4) is 0 Å². The number of rotatable bonds is 5. The molecule has 4 aromatic rings. The van der Waals surface area contributed by atoms with Gasteiger partial charge >= 0.3 is 0 Å². The average molecular weight is 404 g/mol. The molecule has 1 aliphatic carbocycles. The molecule has 0 aliphatic heterocycles. The number of pyridine rings is 1. The number of carbonyl (C=O) groups excluding carboxylic acids is 1. The summed E-state index contributed by atoms with van der Waals surface area (Å²) in [4.78, 5) is 18.0. The number of amides is 1. The summed E-state index contributed by atoms with van der Waals surface area (Å²) in [6, 6.07) is 13.8. The van der Waals surface area contributed by atoms with Gasteiger partial charge in [-0.25, -0.2) is 0 Å². The van der Waals surface area contributed by atoms with Crippen molar-refractivity contribution >= 4 is 38.2 Å². The molecule has 0 atom stereocenters. The highest BCUT2D eigenvalue weighted by molar-refractivity contribution is 7.19. The van der Waals surface area contributed by atoms with Gasteiger partial charge in [-0.3, -0.25) is 9.78 Å². The first-order valence-corrected chi connectivity index (χ1v) is 10.4. The molecule has 0 radical (unpaired) electrons. The molecule has 1 N–H and O–H groups in total. The van der Waals surface area contributed by atoms with Crippen LogP contribution in [0, 0.1) is 6.92 Å². The van der Waals surface area contributed by atoms with Crippen molar-refractivity contribution in [1.29, 1.82) is 0 Å². The smallest absolute Gasteiger partial charge is 0.253 e. The lowest BCUT2D eigenvalue weighted by molar-refractivity contribution is 0.0952. The molecule has 0 bridgehead atoms. The van der Waals surface area contributed by atoms with Crippen molar-refractivity contribution < 1.29 is 14.3 Å². The van der Waals surface area contributed by atoms with Crippen molar-refractivity contribution in [3.05, 3.63) is 59.1 Å². The number of methoxy groups -OCH3 is 1. The summed E-state index contributed by atoms with van der Waals surface area (Å²) in [5.74, 6) is 2.25. The number of carbonyl (C=O) groups is 1. The molecule has 29 heavy (non-hydrogen) atoms. The molecule has 0 saturated heterocycles. The Morgan fingerprint density at radius 1 is 1.10 bits per heavy atom. The molecule has 146 valence electrons. The van der Waals surface area contributed by atoms with Gasteiger partial charge in [0.05, 0.1) is 18.2 Å². The SMILES string of the molecule is COc1ccc2c(Oc3ccc4c(C(=O)NC5CC5)c(C)sc4c3)ccnc2c1. The molecule has 5 nitrogen and oxygen atoms in total. The number of hydrogen-bond donors (Lipinski definition) is 1. The highest BCUT2D eigenvalue weighted by Crippen LogP contribution is 2.36. The van der Waals surface area contributed by atoms with Crippen molar-refractivity contribution in [3.63, 3.8) is 0 Å². The number of thiophene rings is 1. The zero-order chi connectivity index (χ0) is 20.0. The van der Waals surface area contributed by atoms with Crippen molar-refractivity contribution in [2.75, 3.05) is 7.11 Å². The highest BCUT2D eigenvalue weighted by atomic mass is 32.1. The molecule has 2 aromatic carbocycles. The van der Waals surface area contributed by atoms with Crippen LogP contribution in [0.5, 0.6) is 17.2 Å². The van der Waals surface area contributed by atoms with Crippen LogP contribution in [0.25, 0.3) is 21.0 Å². The standard InChI is InChI=1S/C23H20N2O3S/c1-13-22(23(26)25-14-3-4-14)18-8-6-16(12-21(18)29-13)28-20-9-10-24-19-11-15(27-2)5-7-17(19)20/h5-12,14H,3-4H2,1-2H3,(H,25,26). The largest absolute Gasteiger partial charge is 0.497 e. The van der Waals surface area contributed by atoms with Gasteiger partial charge in [-0.1, -0.05) is 0 Å². The third kappa shape index (κ3) is 3.40. The average Bonchev–Trinajstić information content (AvgIpc) is 3.47. The van der Waals surface area contributed by atoms with Gasteiger partial charge in [0.1, 0.15) is 17.2 Å². The molecule has 1 amide bonds. The van der Waals surface area contributed by atoms with E-state index in [4.69, 9.17) is 9.47 Å². The van der Waals surface area contributed by atoms with E-state index in [1.54, 1.807) is 24.6 Å². The maximum absolute atomic E-state index is 12.6. The second kappa shape index (κ2) is 7.04. The fourth-order valence-electron chi connectivity index (χ4n) is 3.47. The molecule has 1 fully saturated rings. The van der Waals surface area contributed by atoms with Crippen LogP contribution in [-0.2, 0) is 0 Å². The lowest BCUT2D eigenvalue weighted by Gasteiger charge is -2.10. The molecule has 1 saturated carbocycles. The number of hydrogen-bond acceptors (Lipinski definition) is 5. The molecule has 1 aliphatic rings. The Hall–Kier alpha value is -3.12. The van der Waals surface area contributed by atoms with Crippen molar-refractivity contribution in [1.82, 2.24) is 10.3 Å². The van der Waals surface area contributed by atoms with E-state index in [2.05, 4.69) is 10.3 Å². The summed E-state index contributed by atoms with van der Waals surface area (Å²) < 4.78 is 12.5. The molecule has 5 rings (SSSR count). The lowest BCUT2D eigenvalue weighted by atomic mass is 10.1. The fraction of sp³-hybridized carbons (Fsp3) is 0.217. The van der Waals surface area contributed by atoms with Gasteiger partial charge in [0.2, 0.25) is 0 Å². The van der Waals surface area contributed by atoms with E-state index < -0.39 is 0 Å². The first-order valence-electron chi connectivity index (χ1n) is 9.57. The number of fused-ring (bicyclic) bond motifs is 2. The van der Waals surface area contributed by atoms with Gasteiger partial charge in [-0.15, -0.1) is 11.3 Å². The van der Waals surface area contributed by atoms with E-state index in [0.717, 1.165) is 61.5 Å². The highest BCUT2D eigenvalue weighted by Gasteiger charge is 2.26. The van der Waals surface area contributed by atoms with Crippen molar-refractivity contribution in [3.8, 4) is 17.2 Å². The minimum absolute atomic E-state index is 0.0268. The molecule has 0 spiro atoms.